The molecule has 34 heavy (non-hydrogen) atoms. The van der Waals surface area contributed by atoms with Gasteiger partial charge in [-0.2, -0.15) is 0 Å². The van der Waals surface area contributed by atoms with Gasteiger partial charge in [0.1, 0.15) is 18.9 Å². The number of hydrogen-bond donors (Lipinski definition) is 0. The number of hydrogen-bond acceptors (Lipinski definition) is 8. The van der Waals surface area contributed by atoms with Crippen molar-refractivity contribution in [1.82, 2.24) is 4.90 Å². The van der Waals surface area contributed by atoms with Crippen LogP contribution in [0.25, 0.3) is 6.08 Å². The number of carbonyl (C=O) groups excluding carboxylic acids is 3. The molecule has 9 nitrogen and oxygen atoms in total. The Morgan fingerprint density at radius 3 is 2.50 bits per heavy atom. The Bertz CT molecular complexity index is 1180. The number of benzene rings is 2. The van der Waals surface area contributed by atoms with Crippen molar-refractivity contribution in [2.75, 3.05) is 6.54 Å². The molecule has 0 atom stereocenters. The summed E-state index contributed by atoms with van der Waals surface area (Å²) in [6.07, 6.45) is 1.19. The zero-order valence-corrected chi connectivity index (χ0v) is 21.9. The number of esters is 1. The van der Waals surface area contributed by atoms with Crippen LogP contribution >= 0.6 is 43.6 Å². The van der Waals surface area contributed by atoms with Crippen LogP contribution in [-0.2, 0) is 20.9 Å². The maximum absolute atomic E-state index is 12.6. The summed E-state index contributed by atoms with van der Waals surface area (Å²) in [5.41, 5.74) is 1.21. The van der Waals surface area contributed by atoms with Crippen LogP contribution < -0.4 is 4.74 Å². The summed E-state index contributed by atoms with van der Waals surface area (Å²) in [6, 6.07) is 9.54. The number of non-ortho nitro benzene ring substituents is 1. The third-order valence-electron chi connectivity index (χ3n) is 4.35. The summed E-state index contributed by atoms with van der Waals surface area (Å²) in [5.74, 6) is -0.767. The molecule has 1 saturated heterocycles. The van der Waals surface area contributed by atoms with Gasteiger partial charge >= 0.3 is 5.97 Å². The minimum Gasteiger partial charge on any atom is -0.487 e. The molecule has 0 spiro atoms. The molecule has 0 bridgehead atoms. The van der Waals surface area contributed by atoms with E-state index in [-0.39, 0.29) is 23.3 Å². The van der Waals surface area contributed by atoms with Crippen LogP contribution in [0.4, 0.5) is 10.5 Å². The standard InChI is InChI=1S/C22H18Br2N2O7S/c1-12(2)33-19(27)10-25-21(28)18(34-22(25)29)9-14-7-16(23)20(17(24)8-14)32-11-13-4-3-5-15(6-13)26(30)31/h3-9,12H,10-11H2,1-2H3/b18-9+. The summed E-state index contributed by atoms with van der Waals surface area (Å²) in [4.78, 5) is 48.2. The van der Waals surface area contributed by atoms with Crippen LogP contribution in [0, 0.1) is 10.1 Å². The van der Waals surface area contributed by atoms with Gasteiger partial charge in [0.15, 0.2) is 0 Å². The number of carbonyl (C=O) groups is 3. The van der Waals surface area contributed by atoms with Crippen LogP contribution in [0.15, 0.2) is 50.2 Å². The summed E-state index contributed by atoms with van der Waals surface area (Å²) < 4.78 is 12.0. The van der Waals surface area contributed by atoms with Gasteiger partial charge in [-0.3, -0.25) is 29.4 Å². The second-order valence-electron chi connectivity index (χ2n) is 7.34. The lowest BCUT2D eigenvalue weighted by Crippen LogP contribution is -2.35. The average molecular weight is 614 g/mol. The number of ether oxygens (including phenoxy) is 2. The van der Waals surface area contributed by atoms with Crippen molar-refractivity contribution in [1.29, 1.82) is 0 Å². The second-order valence-corrected chi connectivity index (χ2v) is 10.0. The van der Waals surface area contributed by atoms with Gasteiger partial charge in [-0.05, 0) is 86.8 Å². The van der Waals surface area contributed by atoms with Crippen LogP contribution in [0.5, 0.6) is 5.75 Å². The van der Waals surface area contributed by atoms with Crippen molar-refractivity contribution >= 4 is 72.5 Å². The molecule has 0 unspecified atom stereocenters. The van der Waals surface area contributed by atoms with Crippen molar-refractivity contribution < 1.29 is 28.8 Å². The lowest BCUT2D eigenvalue weighted by molar-refractivity contribution is -0.384. The molecule has 1 heterocycles. The lowest BCUT2D eigenvalue weighted by Gasteiger charge is -2.13. The minimum absolute atomic E-state index is 0.0269. The number of nitro groups is 1. The quantitative estimate of drug-likeness (QED) is 0.161. The molecule has 3 rings (SSSR count). The Morgan fingerprint density at radius 1 is 1.21 bits per heavy atom. The van der Waals surface area contributed by atoms with E-state index in [4.69, 9.17) is 9.47 Å². The molecule has 0 aliphatic carbocycles. The van der Waals surface area contributed by atoms with Gasteiger partial charge in [0.2, 0.25) is 0 Å². The first kappa shape index (κ1) is 25.9. The van der Waals surface area contributed by atoms with Crippen molar-refractivity contribution in [3.63, 3.8) is 0 Å². The van der Waals surface area contributed by atoms with Gasteiger partial charge in [0.05, 0.1) is 24.9 Å². The monoisotopic (exact) mass is 612 g/mol. The van der Waals surface area contributed by atoms with E-state index in [9.17, 15) is 24.5 Å². The fraction of sp³-hybridized carbons (Fsp3) is 0.227. The molecule has 1 aliphatic heterocycles. The van der Waals surface area contributed by atoms with E-state index >= 15 is 0 Å². The number of rotatable bonds is 8. The largest absolute Gasteiger partial charge is 0.487 e. The second kappa shape index (κ2) is 11.2. The molecule has 178 valence electrons. The predicted molar refractivity (Wildman–Crippen MR) is 133 cm³/mol. The van der Waals surface area contributed by atoms with Gasteiger partial charge in [0.25, 0.3) is 16.8 Å². The van der Waals surface area contributed by atoms with Crippen LogP contribution in [-0.4, -0.2) is 39.6 Å². The van der Waals surface area contributed by atoms with Crippen LogP contribution in [0.3, 0.4) is 0 Å². The summed E-state index contributed by atoms with van der Waals surface area (Å²) in [5, 5.41) is 10.4. The summed E-state index contributed by atoms with van der Waals surface area (Å²) >= 11 is 7.60. The number of amides is 2. The molecule has 0 radical (unpaired) electrons. The van der Waals surface area contributed by atoms with Crippen molar-refractivity contribution in [3.05, 3.63) is 71.5 Å². The van der Waals surface area contributed by atoms with E-state index < -0.39 is 28.6 Å². The predicted octanol–water partition coefficient (Wildman–Crippen LogP) is 5.69. The van der Waals surface area contributed by atoms with E-state index in [0.29, 0.717) is 25.8 Å². The first-order valence-corrected chi connectivity index (χ1v) is 12.3. The molecule has 1 fully saturated rings. The van der Waals surface area contributed by atoms with Crippen LogP contribution in [0.1, 0.15) is 25.0 Å². The number of halogens is 2. The summed E-state index contributed by atoms with van der Waals surface area (Å²) in [7, 11) is 0. The average Bonchev–Trinajstić information content (AvgIpc) is 3.00. The Balaban J connectivity index is 1.73. The Kier molecular flexibility index (Phi) is 8.50. The van der Waals surface area contributed by atoms with Crippen molar-refractivity contribution in [2.45, 2.75) is 26.6 Å². The highest BCUT2D eigenvalue weighted by molar-refractivity contribution is 9.11. The minimum atomic E-state index is -0.658. The SMILES string of the molecule is CC(C)OC(=O)CN1C(=O)S/C(=C/c2cc(Br)c(OCc3cccc([N+](=O)[O-])c3)c(Br)c2)C1=O. The normalized spacial score (nSPS) is 14.7. The van der Waals surface area contributed by atoms with E-state index in [2.05, 4.69) is 31.9 Å². The third kappa shape index (κ3) is 6.45. The topological polar surface area (TPSA) is 116 Å². The summed E-state index contributed by atoms with van der Waals surface area (Å²) in [6.45, 7) is 3.01. The van der Waals surface area contributed by atoms with E-state index in [0.717, 1.165) is 16.7 Å². The third-order valence-corrected chi connectivity index (χ3v) is 6.44. The molecular formula is C22H18Br2N2O7S. The van der Waals surface area contributed by atoms with E-state index in [1.54, 1.807) is 44.2 Å². The molecule has 2 aromatic carbocycles. The van der Waals surface area contributed by atoms with Crippen molar-refractivity contribution in [3.8, 4) is 5.75 Å². The molecular weight excluding hydrogens is 596 g/mol. The molecule has 0 aromatic heterocycles. The molecule has 2 aromatic rings. The highest BCUT2D eigenvalue weighted by Crippen LogP contribution is 2.38. The van der Waals surface area contributed by atoms with Crippen LogP contribution in [0.2, 0.25) is 0 Å². The highest BCUT2D eigenvalue weighted by atomic mass is 79.9. The first-order chi connectivity index (χ1) is 16.0. The molecule has 12 heteroatoms. The highest BCUT2D eigenvalue weighted by Gasteiger charge is 2.36. The Labute approximate surface area is 215 Å². The number of thioether (sulfide) groups is 1. The van der Waals surface area contributed by atoms with Gasteiger partial charge in [0, 0.05) is 12.1 Å². The Morgan fingerprint density at radius 2 is 1.88 bits per heavy atom. The molecule has 1 aliphatic rings. The maximum Gasteiger partial charge on any atom is 0.326 e. The molecule has 0 saturated carbocycles. The van der Waals surface area contributed by atoms with Gasteiger partial charge in [-0.15, -0.1) is 0 Å². The molecule has 2 amide bonds. The van der Waals surface area contributed by atoms with Gasteiger partial charge in [-0.25, -0.2) is 0 Å². The van der Waals surface area contributed by atoms with E-state index in [1.165, 1.54) is 12.1 Å². The van der Waals surface area contributed by atoms with E-state index in [1.807, 2.05) is 0 Å². The first-order valence-electron chi connectivity index (χ1n) is 9.85. The zero-order chi connectivity index (χ0) is 25.0. The number of imide groups is 1. The van der Waals surface area contributed by atoms with Gasteiger partial charge < -0.3 is 9.47 Å². The zero-order valence-electron chi connectivity index (χ0n) is 17.9. The lowest BCUT2D eigenvalue weighted by atomic mass is 10.2. The Hall–Kier alpha value is -2.70. The smallest absolute Gasteiger partial charge is 0.326 e. The van der Waals surface area contributed by atoms with Gasteiger partial charge in [-0.1, -0.05) is 12.1 Å². The maximum atomic E-state index is 12.6. The number of nitro benzene ring substituents is 1. The fourth-order valence-electron chi connectivity index (χ4n) is 2.93. The van der Waals surface area contributed by atoms with Crippen molar-refractivity contribution in [2.24, 2.45) is 0 Å². The molecule has 0 N–H and O–H groups in total. The fourth-order valence-corrected chi connectivity index (χ4v) is 5.22. The number of nitrogens with zero attached hydrogens (tertiary/aromatic N) is 2.